The number of hydrogen-bond acceptors (Lipinski definition) is 4. The third-order valence-corrected chi connectivity index (χ3v) is 9.39. The highest BCUT2D eigenvalue weighted by Crippen LogP contribution is 2.46. The third kappa shape index (κ3) is 7.06. The minimum atomic E-state index is -4.36. The van der Waals surface area contributed by atoms with Crippen molar-refractivity contribution in [3.63, 3.8) is 0 Å². The number of hydrogen-bond donors (Lipinski definition) is 2. The van der Waals surface area contributed by atoms with Gasteiger partial charge in [-0.2, -0.15) is 4.31 Å². The Morgan fingerprint density at radius 1 is 1.07 bits per heavy atom. The summed E-state index contributed by atoms with van der Waals surface area (Å²) in [4.78, 5) is 25.6. The SMILES string of the molecule is CC(C)C[C@H](NC(=O)C1=CCC(c2cccc(Br)c2)N(S(=O)(=O)c2ccc(F)cc2)C1c1cccc(Cl)c1)C(=O)O. The van der Waals surface area contributed by atoms with E-state index < -0.39 is 45.8 Å². The lowest BCUT2D eigenvalue weighted by atomic mass is 9.88. The van der Waals surface area contributed by atoms with Crippen molar-refractivity contribution in [2.45, 2.75) is 49.7 Å². The normalized spacial score (nSPS) is 18.5. The number of carbonyl (C=O) groups is 2. The monoisotopic (exact) mass is 662 g/mol. The van der Waals surface area contributed by atoms with E-state index in [-0.39, 0.29) is 29.2 Å². The van der Waals surface area contributed by atoms with Gasteiger partial charge in [0, 0.05) is 15.1 Å². The molecule has 2 unspecified atom stereocenters. The molecule has 2 N–H and O–H groups in total. The van der Waals surface area contributed by atoms with E-state index in [1.165, 1.54) is 16.4 Å². The van der Waals surface area contributed by atoms with E-state index in [2.05, 4.69) is 21.2 Å². The summed E-state index contributed by atoms with van der Waals surface area (Å²) in [6.07, 6.45) is 1.96. The average Bonchev–Trinajstić information content (AvgIpc) is 2.91. The van der Waals surface area contributed by atoms with Crippen LogP contribution >= 0.6 is 27.5 Å². The summed E-state index contributed by atoms with van der Waals surface area (Å²) in [6, 6.07) is 15.1. The zero-order chi connectivity index (χ0) is 29.9. The first-order valence-electron chi connectivity index (χ1n) is 12.9. The van der Waals surface area contributed by atoms with Crippen LogP contribution in [0.4, 0.5) is 4.39 Å². The molecule has 7 nitrogen and oxygen atoms in total. The highest BCUT2D eigenvalue weighted by Gasteiger charge is 2.45. The van der Waals surface area contributed by atoms with E-state index in [0.29, 0.717) is 16.1 Å². The number of nitrogens with zero attached hydrogens (tertiary/aromatic N) is 1. The topological polar surface area (TPSA) is 104 Å². The number of halogens is 3. The second kappa shape index (κ2) is 12.9. The lowest BCUT2D eigenvalue weighted by molar-refractivity contribution is -0.141. The van der Waals surface area contributed by atoms with Crippen molar-refractivity contribution in [1.29, 1.82) is 0 Å². The zero-order valence-electron chi connectivity index (χ0n) is 22.3. The van der Waals surface area contributed by atoms with E-state index in [0.717, 1.165) is 16.6 Å². The number of amides is 1. The Morgan fingerprint density at radius 2 is 1.73 bits per heavy atom. The van der Waals surface area contributed by atoms with Crippen molar-refractivity contribution < 1.29 is 27.5 Å². The lowest BCUT2D eigenvalue weighted by Gasteiger charge is -2.41. The van der Waals surface area contributed by atoms with Crippen LogP contribution in [0.1, 0.15) is 49.9 Å². The lowest BCUT2D eigenvalue weighted by Crippen LogP contribution is -2.47. The van der Waals surface area contributed by atoms with Gasteiger partial charge in [-0.25, -0.2) is 17.6 Å². The van der Waals surface area contributed by atoms with Crippen molar-refractivity contribution in [2.24, 2.45) is 5.92 Å². The second-order valence-corrected chi connectivity index (χ2v) is 13.4. The maximum atomic E-state index is 14.4. The number of carboxylic acid groups (broad SMARTS) is 1. The molecule has 41 heavy (non-hydrogen) atoms. The Labute approximate surface area is 252 Å². The smallest absolute Gasteiger partial charge is 0.326 e. The molecule has 0 fully saturated rings. The Hall–Kier alpha value is -3.05. The summed E-state index contributed by atoms with van der Waals surface area (Å²) < 4.78 is 44.5. The van der Waals surface area contributed by atoms with Gasteiger partial charge in [0.2, 0.25) is 15.9 Å². The van der Waals surface area contributed by atoms with Crippen LogP contribution in [-0.4, -0.2) is 35.7 Å². The molecule has 216 valence electrons. The van der Waals surface area contributed by atoms with Gasteiger partial charge in [-0.1, -0.05) is 71.7 Å². The maximum absolute atomic E-state index is 14.4. The van der Waals surface area contributed by atoms with Gasteiger partial charge in [0.1, 0.15) is 11.9 Å². The number of carboxylic acids is 1. The highest BCUT2D eigenvalue weighted by molar-refractivity contribution is 9.10. The molecule has 1 amide bonds. The first-order chi connectivity index (χ1) is 19.4. The standard InChI is InChI=1S/C30H29BrClFN2O5S/c1-18(2)15-26(30(37)38)34-29(36)25-13-14-27(19-5-3-7-21(31)16-19)35(28(25)20-6-4-8-22(32)17-20)41(39,40)24-11-9-23(33)10-12-24/h3-13,16-18,26-28H,14-15H2,1-2H3,(H,34,36)(H,37,38)/t26-,27?,28?/m0/s1. The molecule has 11 heteroatoms. The number of aliphatic carboxylic acids is 1. The number of nitrogens with one attached hydrogen (secondary N) is 1. The van der Waals surface area contributed by atoms with E-state index in [1.54, 1.807) is 48.5 Å². The van der Waals surface area contributed by atoms with Gasteiger partial charge in [0.25, 0.3) is 0 Å². The minimum Gasteiger partial charge on any atom is -0.480 e. The summed E-state index contributed by atoms with van der Waals surface area (Å²) in [6.45, 7) is 3.69. The number of carbonyl (C=O) groups excluding carboxylic acids is 1. The predicted molar refractivity (Wildman–Crippen MR) is 158 cm³/mol. The van der Waals surface area contributed by atoms with E-state index >= 15 is 0 Å². The molecule has 3 atom stereocenters. The molecule has 0 spiro atoms. The van der Waals surface area contributed by atoms with Crippen LogP contribution < -0.4 is 5.32 Å². The average molecular weight is 664 g/mol. The summed E-state index contributed by atoms with van der Waals surface area (Å²) in [5.74, 6) is -2.50. The molecule has 3 aromatic carbocycles. The highest BCUT2D eigenvalue weighted by atomic mass is 79.9. The van der Waals surface area contributed by atoms with Crippen LogP contribution in [0.3, 0.4) is 0 Å². The van der Waals surface area contributed by atoms with E-state index in [1.807, 2.05) is 19.9 Å². The Bertz CT molecular complexity index is 1580. The van der Waals surface area contributed by atoms with Crippen molar-refractivity contribution in [2.75, 3.05) is 0 Å². The molecule has 0 bridgehead atoms. The zero-order valence-corrected chi connectivity index (χ0v) is 25.5. The summed E-state index contributed by atoms with van der Waals surface area (Å²) in [5, 5.41) is 12.7. The largest absolute Gasteiger partial charge is 0.480 e. The molecule has 0 saturated heterocycles. The first-order valence-corrected chi connectivity index (χ1v) is 15.5. The van der Waals surface area contributed by atoms with Crippen LogP contribution in [0.25, 0.3) is 0 Å². The Morgan fingerprint density at radius 3 is 2.34 bits per heavy atom. The van der Waals surface area contributed by atoms with Gasteiger partial charge < -0.3 is 10.4 Å². The van der Waals surface area contributed by atoms with Crippen molar-refractivity contribution >= 4 is 49.4 Å². The number of benzene rings is 3. The fourth-order valence-electron chi connectivity index (χ4n) is 4.96. The number of rotatable bonds is 9. The molecule has 0 aromatic heterocycles. The second-order valence-electron chi connectivity index (χ2n) is 10.2. The van der Waals surface area contributed by atoms with E-state index in [9.17, 15) is 27.5 Å². The van der Waals surface area contributed by atoms with Gasteiger partial charge in [0.15, 0.2) is 0 Å². The molecule has 4 rings (SSSR count). The fourth-order valence-corrected chi connectivity index (χ4v) is 7.35. The quantitative estimate of drug-likeness (QED) is 0.267. The molecule has 3 aromatic rings. The summed E-state index contributed by atoms with van der Waals surface area (Å²) in [5.41, 5.74) is 1.15. The molecule has 1 aliphatic rings. The third-order valence-electron chi connectivity index (χ3n) is 6.78. The number of sulfonamides is 1. The molecular weight excluding hydrogens is 635 g/mol. The molecule has 0 radical (unpaired) electrons. The van der Waals surface area contributed by atoms with Gasteiger partial charge >= 0.3 is 5.97 Å². The van der Waals surface area contributed by atoms with Crippen LogP contribution in [-0.2, 0) is 19.6 Å². The van der Waals surface area contributed by atoms with Crippen LogP contribution in [0.2, 0.25) is 5.02 Å². The minimum absolute atomic E-state index is 0.0169. The van der Waals surface area contributed by atoms with Gasteiger partial charge in [-0.15, -0.1) is 0 Å². The summed E-state index contributed by atoms with van der Waals surface area (Å²) >= 11 is 9.79. The van der Waals surface area contributed by atoms with Crippen molar-refractivity contribution in [3.05, 3.63) is 111 Å². The first kappa shape index (κ1) is 30.9. The van der Waals surface area contributed by atoms with Crippen molar-refractivity contribution in [1.82, 2.24) is 9.62 Å². The van der Waals surface area contributed by atoms with E-state index in [4.69, 9.17) is 11.6 Å². The molecule has 1 aliphatic heterocycles. The molecule has 0 aliphatic carbocycles. The van der Waals surface area contributed by atoms with Crippen molar-refractivity contribution in [3.8, 4) is 0 Å². The predicted octanol–water partition coefficient (Wildman–Crippen LogP) is 6.66. The Kier molecular flexibility index (Phi) is 9.69. The maximum Gasteiger partial charge on any atom is 0.326 e. The molecule has 1 heterocycles. The van der Waals surface area contributed by atoms with Gasteiger partial charge in [0.05, 0.1) is 17.0 Å². The molecule has 0 saturated carbocycles. The van der Waals surface area contributed by atoms with Gasteiger partial charge in [-0.3, -0.25) is 4.79 Å². The molecular formula is C30H29BrClFN2O5S. The fraction of sp³-hybridized carbons (Fsp3) is 0.267. The van der Waals surface area contributed by atoms with Crippen LogP contribution in [0.5, 0.6) is 0 Å². The van der Waals surface area contributed by atoms with Crippen LogP contribution in [0, 0.1) is 11.7 Å². The van der Waals surface area contributed by atoms with Crippen LogP contribution in [0.15, 0.2) is 93.8 Å². The Balaban J connectivity index is 1.93. The van der Waals surface area contributed by atoms with Gasteiger partial charge in [-0.05, 0) is 78.4 Å². The summed E-state index contributed by atoms with van der Waals surface area (Å²) in [7, 11) is -4.36.